The molecule has 0 bridgehead atoms. The Balaban J connectivity index is 2.42. The summed E-state index contributed by atoms with van der Waals surface area (Å²) in [6.45, 7) is 1.91. The van der Waals surface area contributed by atoms with Crippen LogP contribution in [0.25, 0.3) is 5.83 Å². The van der Waals surface area contributed by atoms with Crippen molar-refractivity contribution in [1.29, 1.82) is 0 Å². The zero-order chi connectivity index (χ0) is 10.8. The number of Topliss-reactive ketones (excluding diaryl/α,β-unsaturated/α-hetero) is 1. The highest BCUT2D eigenvalue weighted by Crippen LogP contribution is 2.30. The molecule has 1 fully saturated rings. The van der Waals surface area contributed by atoms with Gasteiger partial charge in [0.2, 0.25) is 0 Å². The van der Waals surface area contributed by atoms with Gasteiger partial charge in [-0.1, -0.05) is 23.8 Å². The van der Waals surface area contributed by atoms with Crippen molar-refractivity contribution in [2.24, 2.45) is 0 Å². The molecule has 0 saturated heterocycles. The standard InChI is InChI=1S/C13H13FO/c1-9-4-2-5-10(8-9)13(14)11-6-3-7-12(11)15/h2,4-5,8H,3,6-7H2,1H3/b13-11+. The summed E-state index contributed by atoms with van der Waals surface area (Å²) in [5.41, 5.74) is 1.91. The van der Waals surface area contributed by atoms with Crippen molar-refractivity contribution in [3.63, 3.8) is 0 Å². The van der Waals surface area contributed by atoms with Crippen LogP contribution in [0.3, 0.4) is 0 Å². The molecule has 0 aliphatic heterocycles. The van der Waals surface area contributed by atoms with Crippen LogP contribution in [0, 0.1) is 6.92 Å². The zero-order valence-electron chi connectivity index (χ0n) is 8.72. The molecule has 1 aliphatic carbocycles. The van der Waals surface area contributed by atoms with Gasteiger partial charge in [-0.15, -0.1) is 0 Å². The van der Waals surface area contributed by atoms with Crippen LogP contribution in [-0.2, 0) is 4.79 Å². The number of carbonyl (C=O) groups is 1. The maximum atomic E-state index is 13.9. The number of hydrogen-bond donors (Lipinski definition) is 0. The second kappa shape index (κ2) is 3.97. The second-order valence-corrected chi connectivity index (χ2v) is 3.94. The summed E-state index contributed by atoms with van der Waals surface area (Å²) in [5.74, 6) is -0.366. The molecule has 0 N–H and O–H groups in total. The van der Waals surface area contributed by atoms with Crippen molar-refractivity contribution in [3.05, 3.63) is 41.0 Å². The van der Waals surface area contributed by atoms with Crippen molar-refractivity contribution in [3.8, 4) is 0 Å². The SMILES string of the molecule is Cc1cccc(/C(F)=C2/CCCC2=O)c1. The summed E-state index contributed by atoms with van der Waals surface area (Å²) in [7, 11) is 0. The first-order valence-electron chi connectivity index (χ1n) is 5.17. The Hall–Kier alpha value is -1.44. The first-order chi connectivity index (χ1) is 7.18. The fourth-order valence-electron chi connectivity index (χ4n) is 1.90. The number of halogens is 1. The highest BCUT2D eigenvalue weighted by molar-refractivity contribution is 6.03. The molecule has 1 nitrogen and oxygen atoms in total. The summed E-state index contributed by atoms with van der Waals surface area (Å²) in [5, 5.41) is 0. The Kier molecular flexibility index (Phi) is 2.67. The molecule has 15 heavy (non-hydrogen) atoms. The molecule has 2 rings (SSSR count). The fraction of sp³-hybridized carbons (Fsp3) is 0.308. The predicted octanol–water partition coefficient (Wildman–Crippen LogP) is 3.43. The lowest BCUT2D eigenvalue weighted by atomic mass is 10.1. The van der Waals surface area contributed by atoms with Crippen LogP contribution >= 0.6 is 0 Å². The van der Waals surface area contributed by atoms with Crippen LogP contribution in [0.4, 0.5) is 4.39 Å². The van der Waals surface area contributed by atoms with E-state index < -0.39 is 0 Å². The molecule has 0 radical (unpaired) electrons. The van der Waals surface area contributed by atoms with Gasteiger partial charge in [-0.3, -0.25) is 4.79 Å². The van der Waals surface area contributed by atoms with Crippen LogP contribution in [-0.4, -0.2) is 5.78 Å². The van der Waals surface area contributed by atoms with Gasteiger partial charge in [-0.2, -0.15) is 0 Å². The first-order valence-corrected chi connectivity index (χ1v) is 5.17. The van der Waals surface area contributed by atoms with Crippen molar-refractivity contribution in [2.75, 3.05) is 0 Å². The maximum absolute atomic E-state index is 13.9. The molecule has 0 amide bonds. The molecule has 0 unspecified atom stereocenters. The smallest absolute Gasteiger partial charge is 0.161 e. The minimum Gasteiger partial charge on any atom is -0.294 e. The van der Waals surface area contributed by atoms with E-state index in [1.54, 1.807) is 12.1 Å². The van der Waals surface area contributed by atoms with Crippen LogP contribution in [0.5, 0.6) is 0 Å². The maximum Gasteiger partial charge on any atom is 0.161 e. The Labute approximate surface area is 88.6 Å². The average molecular weight is 204 g/mol. The molecule has 1 aliphatic rings. The summed E-state index contributed by atoms with van der Waals surface area (Å²) < 4.78 is 13.9. The van der Waals surface area contributed by atoms with E-state index in [2.05, 4.69) is 0 Å². The molecule has 0 atom stereocenters. The number of hydrogen-bond acceptors (Lipinski definition) is 1. The van der Waals surface area contributed by atoms with Crippen LogP contribution in [0.1, 0.15) is 30.4 Å². The minimum absolute atomic E-state index is 0.0333. The Morgan fingerprint density at radius 3 is 2.73 bits per heavy atom. The van der Waals surface area contributed by atoms with Crippen molar-refractivity contribution in [2.45, 2.75) is 26.2 Å². The Morgan fingerprint density at radius 1 is 1.33 bits per heavy atom. The molecule has 78 valence electrons. The lowest BCUT2D eigenvalue weighted by Gasteiger charge is -2.02. The monoisotopic (exact) mass is 204 g/mol. The molecule has 0 spiro atoms. The number of allylic oxidation sites excluding steroid dienone is 1. The molecule has 2 heteroatoms. The van der Waals surface area contributed by atoms with E-state index in [0.29, 0.717) is 24.0 Å². The third-order valence-electron chi connectivity index (χ3n) is 2.70. The van der Waals surface area contributed by atoms with E-state index in [9.17, 15) is 9.18 Å². The first kappa shape index (κ1) is 10.1. The van der Waals surface area contributed by atoms with E-state index >= 15 is 0 Å². The van der Waals surface area contributed by atoms with Crippen molar-refractivity contribution in [1.82, 2.24) is 0 Å². The van der Waals surface area contributed by atoms with Gasteiger partial charge in [-0.25, -0.2) is 4.39 Å². The van der Waals surface area contributed by atoms with Gasteiger partial charge in [0.25, 0.3) is 0 Å². The van der Waals surface area contributed by atoms with Gasteiger partial charge < -0.3 is 0 Å². The molecule has 1 saturated carbocycles. The topological polar surface area (TPSA) is 17.1 Å². The summed E-state index contributed by atoms with van der Waals surface area (Å²) in [6.07, 6.45) is 1.86. The zero-order valence-corrected chi connectivity index (χ0v) is 8.72. The molecule has 0 aromatic heterocycles. The minimum atomic E-state index is -0.332. The number of ketones is 1. The number of carbonyl (C=O) groups excluding carboxylic acids is 1. The van der Waals surface area contributed by atoms with Crippen molar-refractivity contribution < 1.29 is 9.18 Å². The third kappa shape index (κ3) is 1.99. The Bertz CT molecular complexity index is 432. The highest BCUT2D eigenvalue weighted by Gasteiger charge is 2.22. The quantitative estimate of drug-likeness (QED) is 0.640. The molecular weight excluding hydrogens is 191 g/mol. The van der Waals surface area contributed by atoms with E-state index in [1.165, 1.54) is 0 Å². The van der Waals surface area contributed by atoms with Gasteiger partial charge in [0, 0.05) is 17.6 Å². The molecule has 1 aromatic carbocycles. The number of aryl methyl sites for hydroxylation is 1. The molecule has 1 aromatic rings. The average Bonchev–Trinajstić information content (AvgIpc) is 2.63. The van der Waals surface area contributed by atoms with Crippen LogP contribution in [0.2, 0.25) is 0 Å². The predicted molar refractivity (Wildman–Crippen MR) is 58.1 cm³/mol. The lowest BCUT2D eigenvalue weighted by Crippen LogP contribution is -1.94. The van der Waals surface area contributed by atoms with E-state index in [4.69, 9.17) is 0 Å². The van der Waals surface area contributed by atoms with Gasteiger partial charge in [-0.05, 0) is 25.8 Å². The van der Waals surface area contributed by atoms with Gasteiger partial charge in [0.15, 0.2) is 5.78 Å². The highest BCUT2D eigenvalue weighted by atomic mass is 19.1. The number of benzene rings is 1. The normalized spacial score (nSPS) is 19.5. The summed E-state index contributed by atoms with van der Waals surface area (Å²) in [6, 6.07) is 7.21. The molecular formula is C13H13FO. The van der Waals surface area contributed by atoms with Gasteiger partial charge in [0.1, 0.15) is 5.83 Å². The van der Waals surface area contributed by atoms with E-state index in [0.717, 1.165) is 12.0 Å². The molecule has 0 heterocycles. The number of rotatable bonds is 1. The fourth-order valence-corrected chi connectivity index (χ4v) is 1.90. The third-order valence-corrected chi connectivity index (χ3v) is 2.70. The van der Waals surface area contributed by atoms with Gasteiger partial charge >= 0.3 is 0 Å². The summed E-state index contributed by atoms with van der Waals surface area (Å²) >= 11 is 0. The second-order valence-electron chi connectivity index (χ2n) is 3.94. The summed E-state index contributed by atoms with van der Waals surface area (Å²) in [4.78, 5) is 11.4. The van der Waals surface area contributed by atoms with Gasteiger partial charge in [0.05, 0.1) is 0 Å². The lowest BCUT2D eigenvalue weighted by molar-refractivity contribution is -0.114. The van der Waals surface area contributed by atoms with Crippen molar-refractivity contribution >= 4 is 11.6 Å². The largest absolute Gasteiger partial charge is 0.294 e. The van der Waals surface area contributed by atoms with E-state index in [-0.39, 0.29) is 11.6 Å². The van der Waals surface area contributed by atoms with Crippen LogP contribution in [0.15, 0.2) is 29.8 Å². The van der Waals surface area contributed by atoms with Crippen LogP contribution < -0.4 is 0 Å². The van der Waals surface area contributed by atoms with E-state index in [1.807, 2.05) is 19.1 Å². The Morgan fingerprint density at radius 2 is 2.13 bits per heavy atom.